The number of benzene rings is 2. The molecular weight excluding hydrogens is 332 g/mol. The van der Waals surface area contributed by atoms with Crippen LogP contribution in [0.5, 0.6) is 5.75 Å². The number of aryl methyl sites for hydroxylation is 1. The number of nitrogens with one attached hydrogen (secondary N) is 2. The molecule has 0 heterocycles. The molecule has 0 aliphatic heterocycles. The predicted molar refractivity (Wildman–Crippen MR) is 98.2 cm³/mol. The predicted octanol–water partition coefficient (Wildman–Crippen LogP) is 2.47. The van der Waals surface area contributed by atoms with Gasteiger partial charge < -0.3 is 15.4 Å². The molecule has 0 saturated carbocycles. The summed E-state index contributed by atoms with van der Waals surface area (Å²) in [6.45, 7) is 4.12. The van der Waals surface area contributed by atoms with Gasteiger partial charge >= 0.3 is 5.97 Å². The number of carbonyl (C=O) groups excluding carboxylic acids is 3. The van der Waals surface area contributed by atoms with Crippen LogP contribution in [0.25, 0.3) is 0 Å². The summed E-state index contributed by atoms with van der Waals surface area (Å²) in [6, 6.07) is 13.8. The van der Waals surface area contributed by atoms with E-state index in [0.717, 1.165) is 5.56 Å². The molecule has 0 aliphatic rings. The fraction of sp³-hybridized carbons (Fsp3) is 0.250. The molecule has 136 valence electrons. The zero-order valence-corrected chi connectivity index (χ0v) is 14.9. The first kappa shape index (κ1) is 19.2. The van der Waals surface area contributed by atoms with E-state index in [4.69, 9.17) is 4.74 Å². The molecule has 6 nitrogen and oxygen atoms in total. The second-order valence-corrected chi connectivity index (χ2v) is 5.86. The van der Waals surface area contributed by atoms with Gasteiger partial charge in [-0.3, -0.25) is 14.4 Å². The summed E-state index contributed by atoms with van der Waals surface area (Å²) in [6.07, 6.45) is 0.604. The minimum atomic E-state index is -0.438. The molecule has 2 aromatic carbocycles. The normalized spacial score (nSPS) is 10.1. The van der Waals surface area contributed by atoms with Gasteiger partial charge in [0.05, 0.1) is 0 Å². The monoisotopic (exact) mass is 354 g/mol. The van der Waals surface area contributed by atoms with Gasteiger partial charge in [0.15, 0.2) is 0 Å². The van der Waals surface area contributed by atoms with Gasteiger partial charge in [-0.1, -0.05) is 23.8 Å². The first-order chi connectivity index (χ1) is 12.5. The van der Waals surface area contributed by atoms with Gasteiger partial charge in [0.25, 0.3) is 11.8 Å². The Morgan fingerprint density at radius 1 is 0.885 bits per heavy atom. The van der Waals surface area contributed by atoms with Crippen molar-refractivity contribution in [2.24, 2.45) is 0 Å². The van der Waals surface area contributed by atoms with Crippen LogP contribution in [0, 0.1) is 6.92 Å². The second kappa shape index (κ2) is 9.36. The Morgan fingerprint density at radius 3 is 2.04 bits per heavy atom. The first-order valence-electron chi connectivity index (χ1n) is 8.37. The van der Waals surface area contributed by atoms with Gasteiger partial charge in [0.1, 0.15) is 5.75 Å². The lowest BCUT2D eigenvalue weighted by Gasteiger charge is -2.08. The molecule has 2 amide bonds. The highest BCUT2D eigenvalue weighted by molar-refractivity contribution is 5.95. The maximum absolute atomic E-state index is 12.1. The molecule has 0 atom stereocenters. The summed E-state index contributed by atoms with van der Waals surface area (Å²) >= 11 is 0. The zero-order valence-electron chi connectivity index (χ0n) is 14.9. The Bertz CT molecular complexity index is 802. The largest absolute Gasteiger partial charge is 0.427 e. The van der Waals surface area contributed by atoms with Crippen LogP contribution in [-0.2, 0) is 4.79 Å². The van der Waals surface area contributed by atoms with Crippen LogP contribution in [0.15, 0.2) is 48.5 Å². The Balaban J connectivity index is 1.73. The number of carbonyl (C=O) groups is 3. The maximum Gasteiger partial charge on any atom is 0.308 e. The van der Waals surface area contributed by atoms with E-state index in [1.807, 2.05) is 25.1 Å². The molecule has 0 fully saturated rings. The van der Waals surface area contributed by atoms with E-state index >= 15 is 0 Å². The minimum Gasteiger partial charge on any atom is -0.427 e. The summed E-state index contributed by atoms with van der Waals surface area (Å²) in [5.74, 6) is -0.499. The molecule has 0 aliphatic carbocycles. The van der Waals surface area contributed by atoms with Crippen molar-refractivity contribution >= 4 is 17.8 Å². The Kier molecular flexibility index (Phi) is 6.91. The van der Waals surface area contributed by atoms with Gasteiger partial charge in [0, 0.05) is 31.1 Å². The molecule has 6 heteroatoms. The molecule has 0 radical (unpaired) electrons. The van der Waals surface area contributed by atoms with Crippen LogP contribution in [0.2, 0.25) is 0 Å². The SMILES string of the molecule is CC(=O)Oc1cccc(C(=O)NCCCNC(=O)c2cccc(C)c2)c1. The summed E-state index contributed by atoms with van der Waals surface area (Å²) in [4.78, 5) is 35.1. The van der Waals surface area contributed by atoms with E-state index in [0.29, 0.717) is 36.4 Å². The lowest BCUT2D eigenvalue weighted by atomic mass is 10.1. The van der Waals surface area contributed by atoms with Crippen LogP contribution in [0.1, 0.15) is 39.6 Å². The first-order valence-corrected chi connectivity index (χ1v) is 8.37. The van der Waals surface area contributed by atoms with Gasteiger partial charge in [-0.05, 0) is 43.7 Å². The molecule has 0 aromatic heterocycles. The number of ether oxygens (including phenoxy) is 1. The number of rotatable bonds is 7. The van der Waals surface area contributed by atoms with Gasteiger partial charge in [-0.25, -0.2) is 0 Å². The third-order valence-corrected chi connectivity index (χ3v) is 3.56. The number of amides is 2. The quantitative estimate of drug-likeness (QED) is 0.454. The minimum absolute atomic E-state index is 0.130. The van der Waals surface area contributed by atoms with Crippen LogP contribution in [0.3, 0.4) is 0 Å². The fourth-order valence-electron chi connectivity index (χ4n) is 2.35. The highest BCUT2D eigenvalue weighted by Gasteiger charge is 2.08. The van der Waals surface area contributed by atoms with E-state index in [1.165, 1.54) is 13.0 Å². The maximum atomic E-state index is 12.1. The number of hydrogen-bond acceptors (Lipinski definition) is 4. The number of hydrogen-bond donors (Lipinski definition) is 2. The molecule has 2 N–H and O–H groups in total. The van der Waals surface area contributed by atoms with Crippen molar-refractivity contribution in [2.45, 2.75) is 20.3 Å². The molecular formula is C20H22N2O4. The third kappa shape index (κ3) is 6.05. The van der Waals surface area contributed by atoms with Crippen LogP contribution >= 0.6 is 0 Å². The third-order valence-electron chi connectivity index (χ3n) is 3.56. The summed E-state index contributed by atoms with van der Waals surface area (Å²) in [5, 5.41) is 5.59. The topological polar surface area (TPSA) is 84.5 Å². The van der Waals surface area contributed by atoms with E-state index in [1.54, 1.807) is 24.3 Å². The van der Waals surface area contributed by atoms with Crippen molar-refractivity contribution < 1.29 is 19.1 Å². The summed E-state index contributed by atoms with van der Waals surface area (Å²) in [7, 11) is 0. The van der Waals surface area contributed by atoms with Gasteiger partial charge in [-0.2, -0.15) is 0 Å². The van der Waals surface area contributed by atoms with Crippen molar-refractivity contribution in [3.63, 3.8) is 0 Å². The Morgan fingerprint density at radius 2 is 1.46 bits per heavy atom. The summed E-state index contributed by atoms with van der Waals surface area (Å²) < 4.78 is 4.96. The van der Waals surface area contributed by atoms with Crippen molar-refractivity contribution in [1.29, 1.82) is 0 Å². The standard InChI is InChI=1S/C20H22N2O4/c1-14-6-3-7-16(12-14)19(24)21-10-5-11-22-20(25)17-8-4-9-18(13-17)26-15(2)23/h3-4,6-9,12-13H,5,10-11H2,1-2H3,(H,21,24)(H,22,25). The molecule has 2 aromatic rings. The average Bonchev–Trinajstić information content (AvgIpc) is 2.60. The highest BCUT2D eigenvalue weighted by atomic mass is 16.5. The van der Waals surface area contributed by atoms with Crippen LogP contribution in [0.4, 0.5) is 0 Å². The van der Waals surface area contributed by atoms with Crippen molar-refractivity contribution in [3.8, 4) is 5.75 Å². The van der Waals surface area contributed by atoms with E-state index in [2.05, 4.69) is 10.6 Å². The molecule has 0 spiro atoms. The van der Waals surface area contributed by atoms with Crippen molar-refractivity contribution in [1.82, 2.24) is 10.6 Å². The zero-order chi connectivity index (χ0) is 18.9. The average molecular weight is 354 g/mol. The lowest BCUT2D eigenvalue weighted by Crippen LogP contribution is -2.29. The van der Waals surface area contributed by atoms with Crippen LogP contribution in [-0.4, -0.2) is 30.9 Å². The molecule has 0 unspecified atom stereocenters. The van der Waals surface area contributed by atoms with Gasteiger partial charge in [0.2, 0.25) is 0 Å². The van der Waals surface area contributed by atoms with Crippen molar-refractivity contribution in [3.05, 3.63) is 65.2 Å². The van der Waals surface area contributed by atoms with E-state index < -0.39 is 5.97 Å². The van der Waals surface area contributed by atoms with Crippen molar-refractivity contribution in [2.75, 3.05) is 13.1 Å². The molecule has 0 saturated heterocycles. The Labute approximate surface area is 152 Å². The van der Waals surface area contributed by atoms with Crippen LogP contribution < -0.4 is 15.4 Å². The fourth-order valence-corrected chi connectivity index (χ4v) is 2.35. The molecule has 26 heavy (non-hydrogen) atoms. The van der Waals surface area contributed by atoms with E-state index in [-0.39, 0.29) is 11.8 Å². The van der Waals surface area contributed by atoms with Gasteiger partial charge in [-0.15, -0.1) is 0 Å². The smallest absolute Gasteiger partial charge is 0.308 e. The number of esters is 1. The highest BCUT2D eigenvalue weighted by Crippen LogP contribution is 2.13. The lowest BCUT2D eigenvalue weighted by molar-refractivity contribution is -0.131. The second-order valence-electron chi connectivity index (χ2n) is 5.86. The Hall–Kier alpha value is -3.15. The van der Waals surface area contributed by atoms with E-state index in [9.17, 15) is 14.4 Å². The molecule has 2 rings (SSSR count). The molecule has 0 bridgehead atoms. The summed E-state index contributed by atoms with van der Waals surface area (Å²) in [5.41, 5.74) is 2.06.